The zero-order valence-corrected chi connectivity index (χ0v) is 40.3. The Morgan fingerprint density at radius 2 is 0.627 bits per heavy atom. The summed E-state index contributed by atoms with van der Waals surface area (Å²) >= 11 is 0. The Morgan fingerprint density at radius 3 is 0.907 bits per heavy atom. The zero-order chi connectivity index (χ0) is 50.9. The summed E-state index contributed by atoms with van der Waals surface area (Å²) in [7, 11) is 4.86. The highest BCUT2D eigenvalue weighted by Gasteiger charge is 2.25. The number of aromatic nitrogens is 6. The van der Waals surface area contributed by atoms with E-state index in [-0.39, 0.29) is 16.7 Å². The molecule has 15 heteroatoms. The van der Waals surface area contributed by atoms with Gasteiger partial charge in [-0.25, -0.2) is 0 Å². The van der Waals surface area contributed by atoms with Gasteiger partial charge in [-0.1, -0.05) is 18.2 Å². The maximum atomic E-state index is 14.6. The van der Waals surface area contributed by atoms with Crippen molar-refractivity contribution in [3.63, 3.8) is 0 Å². The zero-order valence-electron chi connectivity index (χ0n) is 40.3. The molecule has 0 atom stereocenters. The van der Waals surface area contributed by atoms with Crippen LogP contribution in [0.25, 0.3) is 99.6 Å². The van der Waals surface area contributed by atoms with Crippen molar-refractivity contribution in [1.29, 1.82) is 0 Å². The molecule has 0 N–H and O–H groups in total. The highest BCUT2D eigenvalue weighted by atomic mass is 16.3. The van der Waals surface area contributed by atoms with E-state index in [1.807, 2.05) is 91.0 Å². The van der Waals surface area contributed by atoms with Crippen molar-refractivity contribution in [3.05, 3.63) is 200 Å². The first kappa shape index (κ1) is 44.5. The summed E-state index contributed by atoms with van der Waals surface area (Å²) < 4.78 is 18.2. The first-order valence-corrected chi connectivity index (χ1v) is 23.8. The molecular weight excluding hydrogens is 943 g/mol. The van der Waals surface area contributed by atoms with Crippen LogP contribution >= 0.6 is 0 Å². The van der Waals surface area contributed by atoms with Gasteiger partial charge in [0.25, 0.3) is 17.7 Å². The normalized spacial score (nSPS) is 11.6. The summed E-state index contributed by atoms with van der Waals surface area (Å²) in [6.07, 6.45) is 15.1. The Labute approximate surface area is 426 Å². The fourth-order valence-electron chi connectivity index (χ4n) is 9.57. The maximum Gasteiger partial charge on any atom is 0.258 e. The molecule has 13 rings (SSSR count). The molecule has 360 valence electrons. The highest BCUT2D eigenvalue weighted by Crippen LogP contribution is 2.35. The molecule has 0 aliphatic heterocycles. The molecule has 0 saturated carbocycles. The van der Waals surface area contributed by atoms with Crippen molar-refractivity contribution >= 4 is 101 Å². The molecule has 15 nitrogen and oxygen atoms in total. The number of carbonyl (C=O) groups is 3. The van der Waals surface area contributed by atoms with Crippen molar-refractivity contribution in [2.75, 3.05) is 35.8 Å². The number of hydrogen-bond donors (Lipinski definition) is 0. The molecule has 0 aliphatic carbocycles. The second kappa shape index (κ2) is 17.7. The Morgan fingerprint density at radius 1 is 0.333 bits per heavy atom. The van der Waals surface area contributed by atoms with E-state index < -0.39 is 17.7 Å². The number of anilines is 3. The third kappa shape index (κ3) is 7.82. The average molecular weight is 982 g/mol. The summed E-state index contributed by atoms with van der Waals surface area (Å²) in [4.78, 5) is 74.6. The molecule has 4 aromatic carbocycles. The minimum absolute atomic E-state index is 0.109. The van der Waals surface area contributed by atoms with Gasteiger partial charge in [-0.15, -0.1) is 0 Å². The molecule has 0 aliphatic rings. The molecule has 0 bridgehead atoms. The van der Waals surface area contributed by atoms with Crippen molar-refractivity contribution < 1.29 is 27.6 Å². The largest absolute Gasteiger partial charge is 0.454 e. The van der Waals surface area contributed by atoms with Gasteiger partial charge in [0.05, 0.1) is 71.3 Å². The first-order chi connectivity index (χ1) is 36.6. The smallest absolute Gasteiger partial charge is 0.258 e. The van der Waals surface area contributed by atoms with Crippen molar-refractivity contribution in [2.45, 2.75) is 0 Å². The quantitative estimate of drug-likeness (QED) is 0.134. The van der Waals surface area contributed by atoms with Crippen LogP contribution in [0.5, 0.6) is 0 Å². The summed E-state index contributed by atoms with van der Waals surface area (Å²) in [5, 5.41) is 5.83. The molecule has 9 heterocycles. The fraction of sp³-hybridized carbons (Fsp3) is 0.0500. The van der Waals surface area contributed by atoms with Crippen LogP contribution in [0.3, 0.4) is 0 Å². The lowest BCUT2D eigenvalue weighted by Crippen LogP contribution is -2.31. The van der Waals surface area contributed by atoms with E-state index in [4.69, 9.17) is 28.2 Å². The fourth-order valence-corrected chi connectivity index (χ4v) is 9.57. The van der Waals surface area contributed by atoms with Crippen LogP contribution < -0.4 is 14.7 Å². The van der Waals surface area contributed by atoms with E-state index in [0.29, 0.717) is 67.6 Å². The number of rotatable bonds is 9. The van der Waals surface area contributed by atoms with Gasteiger partial charge < -0.3 is 28.0 Å². The van der Waals surface area contributed by atoms with E-state index in [1.165, 1.54) is 32.9 Å². The van der Waals surface area contributed by atoms with Crippen LogP contribution in [-0.4, -0.2) is 68.8 Å². The van der Waals surface area contributed by atoms with Gasteiger partial charge in [0.1, 0.15) is 16.7 Å². The van der Waals surface area contributed by atoms with Crippen LogP contribution in [-0.2, 0) is 0 Å². The lowest BCUT2D eigenvalue weighted by atomic mass is 10.0. The molecule has 9 aromatic heterocycles. The molecule has 0 radical (unpaired) electrons. The Balaban J connectivity index is 0.793. The van der Waals surface area contributed by atoms with Gasteiger partial charge in [-0.3, -0.25) is 44.3 Å². The molecule has 3 amide bonds. The molecule has 0 spiro atoms. The second-order valence-electron chi connectivity index (χ2n) is 18.2. The van der Waals surface area contributed by atoms with Gasteiger partial charge in [-0.2, -0.15) is 0 Å². The van der Waals surface area contributed by atoms with Crippen molar-refractivity contribution in [3.8, 4) is 33.8 Å². The lowest BCUT2D eigenvalue weighted by molar-refractivity contribution is 0.0992. The lowest BCUT2D eigenvalue weighted by Gasteiger charge is -2.22. The van der Waals surface area contributed by atoms with Gasteiger partial charge in [0.2, 0.25) is 0 Å². The maximum absolute atomic E-state index is 14.6. The number of hydrogen-bond acceptors (Lipinski definition) is 12. The standard InChI is InChI=1S/C60H39N9O6/c1-67(40-7-13-49(64-28-40)34-4-10-43-46-16-19-61-31-55(46)73-52(43)25-34)58(70)37-22-38(59(71)68(2)41-8-14-50(65-29-41)35-5-11-44-47-17-20-62-32-56(47)74-53(44)26-35)24-39(23-37)60(72)69(3)42-9-15-51(66-30-42)36-6-12-45-48-18-21-63-33-57(48)75-54(45)27-36/h4-33H,1-3H3. The number of fused-ring (bicyclic) bond motifs is 9. The van der Waals surface area contributed by atoms with Crippen LogP contribution in [0.15, 0.2) is 196 Å². The van der Waals surface area contributed by atoms with Crippen LogP contribution in [0, 0.1) is 0 Å². The molecule has 0 fully saturated rings. The number of carbonyl (C=O) groups excluding carboxylic acids is 3. The number of furan rings is 3. The highest BCUT2D eigenvalue weighted by molar-refractivity contribution is 6.15. The van der Waals surface area contributed by atoms with Gasteiger partial charge in [0, 0.05) is 105 Å². The molecule has 75 heavy (non-hydrogen) atoms. The number of benzene rings is 4. The minimum atomic E-state index is -0.469. The molecule has 0 saturated heterocycles. The first-order valence-electron chi connectivity index (χ1n) is 23.8. The predicted molar refractivity (Wildman–Crippen MR) is 289 cm³/mol. The number of pyridine rings is 6. The minimum Gasteiger partial charge on any atom is -0.454 e. The second-order valence-corrected chi connectivity index (χ2v) is 18.2. The number of nitrogens with zero attached hydrogens (tertiary/aromatic N) is 9. The van der Waals surface area contributed by atoms with E-state index in [9.17, 15) is 14.4 Å². The summed E-state index contributed by atoms with van der Waals surface area (Å²) in [5.74, 6) is -1.41. The van der Waals surface area contributed by atoms with Crippen molar-refractivity contribution in [1.82, 2.24) is 29.9 Å². The SMILES string of the molecule is CN(C(=O)c1cc(C(=O)N(C)c2ccc(-c3ccc4c(c3)oc3cnccc34)nc2)cc(C(=O)N(C)c2ccc(-c3ccc4c(c3)oc3cnccc34)nc2)c1)c1ccc(-c2ccc3c(c2)oc2cnccc23)nc1. The monoisotopic (exact) mass is 981 g/mol. The van der Waals surface area contributed by atoms with Crippen LogP contribution in [0.2, 0.25) is 0 Å². The third-order valence-electron chi connectivity index (χ3n) is 13.7. The van der Waals surface area contributed by atoms with E-state index in [1.54, 1.807) is 95.1 Å². The van der Waals surface area contributed by atoms with E-state index in [2.05, 4.69) is 15.0 Å². The van der Waals surface area contributed by atoms with Crippen LogP contribution in [0.1, 0.15) is 31.1 Å². The Bertz CT molecular complexity index is 3970. The average Bonchev–Trinajstić information content (AvgIpc) is 4.16. The van der Waals surface area contributed by atoms with Crippen LogP contribution in [0.4, 0.5) is 17.1 Å². The molecular formula is C60H39N9O6. The third-order valence-corrected chi connectivity index (χ3v) is 13.7. The van der Waals surface area contributed by atoms with Gasteiger partial charge in [-0.05, 0) is 109 Å². The Hall–Kier alpha value is -10.4. The predicted octanol–water partition coefficient (Wildman–Crippen LogP) is 12.6. The summed E-state index contributed by atoms with van der Waals surface area (Å²) in [6.45, 7) is 0. The molecule has 0 unspecified atom stereocenters. The topological polar surface area (TPSA) is 178 Å². The van der Waals surface area contributed by atoms with Gasteiger partial charge in [0.15, 0.2) is 16.7 Å². The summed E-state index contributed by atoms with van der Waals surface area (Å²) in [6, 6.07) is 38.8. The summed E-state index contributed by atoms with van der Waals surface area (Å²) in [5.41, 5.74) is 10.5. The van der Waals surface area contributed by atoms with E-state index in [0.717, 1.165) is 49.0 Å². The van der Waals surface area contributed by atoms with Gasteiger partial charge >= 0.3 is 0 Å². The Kier molecular flexibility index (Phi) is 10.5. The van der Waals surface area contributed by atoms with Crippen molar-refractivity contribution in [2.24, 2.45) is 0 Å². The van der Waals surface area contributed by atoms with E-state index >= 15 is 0 Å². The molecule has 13 aromatic rings. The number of amides is 3.